The van der Waals surface area contributed by atoms with E-state index < -0.39 is 0 Å². The molecule has 0 fully saturated rings. The van der Waals surface area contributed by atoms with E-state index in [0.29, 0.717) is 23.9 Å². The summed E-state index contributed by atoms with van der Waals surface area (Å²) in [7, 11) is 0. The smallest absolute Gasteiger partial charge is 0.263 e. The maximum Gasteiger partial charge on any atom is 0.263 e. The molecule has 3 rings (SSSR count). The van der Waals surface area contributed by atoms with Crippen molar-refractivity contribution in [3.63, 3.8) is 0 Å². The topological polar surface area (TPSA) is 60.5 Å². The second-order valence-corrected chi connectivity index (χ2v) is 6.16. The summed E-state index contributed by atoms with van der Waals surface area (Å²) < 4.78 is 11.4. The first-order valence-electron chi connectivity index (χ1n) is 8.74. The van der Waals surface area contributed by atoms with E-state index in [0.717, 1.165) is 16.7 Å². The number of nitrogens with zero attached hydrogens (tertiary/aromatic N) is 1. The quantitative estimate of drug-likeness (QED) is 0.681. The van der Waals surface area contributed by atoms with E-state index >= 15 is 0 Å². The number of nitrogens with one attached hydrogen (secondary N) is 1. The van der Waals surface area contributed by atoms with Crippen LogP contribution in [0.4, 0.5) is 5.82 Å². The Balaban J connectivity index is 1.60. The summed E-state index contributed by atoms with van der Waals surface area (Å²) in [6.07, 6.45) is 1.61. The number of carbonyl (C=O) groups excluding carboxylic acids is 1. The van der Waals surface area contributed by atoms with E-state index in [1.807, 2.05) is 62.4 Å². The third kappa shape index (κ3) is 5.07. The van der Waals surface area contributed by atoms with Gasteiger partial charge in [-0.2, -0.15) is 0 Å². The van der Waals surface area contributed by atoms with E-state index in [4.69, 9.17) is 9.47 Å². The van der Waals surface area contributed by atoms with Gasteiger partial charge in [0.1, 0.15) is 12.4 Å². The molecule has 3 aromatic rings. The fraction of sp³-hybridized carbons (Fsp3) is 0.182. The molecule has 1 heterocycles. The number of rotatable bonds is 7. The van der Waals surface area contributed by atoms with Gasteiger partial charge >= 0.3 is 0 Å². The molecular formula is C22H22N2O3. The zero-order chi connectivity index (χ0) is 19.1. The third-order valence-corrected chi connectivity index (χ3v) is 4.18. The van der Waals surface area contributed by atoms with Gasteiger partial charge in [0.05, 0.1) is 0 Å². The number of anilines is 1. The Morgan fingerprint density at radius 2 is 1.70 bits per heavy atom. The Hall–Kier alpha value is -3.34. The fourth-order valence-electron chi connectivity index (χ4n) is 2.53. The maximum absolute atomic E-state index is 12.3. The van der Waals surface area contributed by atoms with E-state index in [1.165, 1.54) is 0 Å². The predicted molar refractivity (Wildman–Crippen MR) is 105 cm³/mol. The number of aromatic nitrogens is 1. The predicted octanol–water partition coefficient (Wildman–Crippen LogP) is 4.29. The molecule has 2 aromatic carbocycles. The van der Waals surface area contributed by atoms with Crippen LogP contribution >= 0.6 is 0 Å². The van der Waals surface area contributed by atoms with Gasteiger partial charge in [-0.3, -0.25) is 4.79 Å². The average molecular weight is 362 g/mol. The van der Waals surface area contributed by atoms with Crippen molar-refractivity contribution < 1.29 is 14.3 Å². The Bertz CT molecular complexity index is 910. The van der Waals surface area contributed by atoms with Gasteiger partial charge in [-0.05, 0) is 48.7 Å². The minimum absolute atomic E-state index is 0.0982. The zero-order valence-corrected chi connectivity index (χ0v) is 15.4. The van der Waals surface area contributed by atoms with Gasteiger partial charge in [0.25, 0.3) is 5.91 Å². The van der Waals surface area contributed by atoms with Gasteiger partial charge in [-0.1, -0.05) is 42.5 Å². The van der Waals surface area contributed by atoms with Crippen molar-refractivity contribution in [1.29, 1.82) is 0 Å². The lowest BCUT2D eigenvalue weighted by Crippen LogP contribution is -2.21. The van der Waals surface area contributed by atoms with E-state index in [2.05, 4.69) is 10.3 Å². The zero-order valence-electron chi connectivity index (χ0n) is 15.4. The lowest BCUT2D eigenvalue weighted by atomic mass is 10.1. The number of aryl methyl sites for hydroxylation is 1. The van der Waals surface area contributed by atoms with Crippen LogP contribution < -0.4 is 14.8 Å². The van der Waals surface area contributed by atoms with Crippen molar-refractivity contribution in [1.82, 2.24) is 4.98 Å². The van der Waals surface area contributed by atoms with Crippen molar-refractivity contribution in [2.75, 3.05) is 11.9 Å². The molecule has 1 aromatic heterocycles. The summed E-state index contributed by atoms with van der Waals surface area (Å²) in [5.74, 6) is 1.30. The molecule has 0 aliphatic carbocycles. The fourth-order valence-corrected chi connectivity index (χ4v) is 2.53. The second-order valence-electron chi connectivity index (χ2n) is 6.16. The lowest BCUT2D eigenvalue weighted by molar-refractivity contribution is -0.118. The molecule has 5 nitrogen and oxygen atoms in total. The number of amides is 1. The molecule has 0 aliphatic rings. The Labute approximate surface area is 159 Å². The molecular weight excluding hydrogens is 340 g/mol. The summed E-state index contributed by atoms with van der Waals surface area (Å²) in [5, 5.41) is 2.75. The standard InChI is InChI=1S/C22H22N2O3/c1-16-8-6-11-19(17(16)2)27-15-21(25)24-22-20(12-7-13-23-22)26-14-18-9-4-3-5-10-18/h3-13H,14-15H2,1-2H3,(H,23,24,25). The van der Waals surface area contributed by atoms with Gasteiger partial charge in [-0.15, -0.1) is 0 Å². The molecule has 0 saturated carbocycles. The van der Waals surface area contributed by atoms with Crippen LogP contribution in [0.15, 0.2) is 66.9 Å². The van der Waals surface area contributed by atoms with Crippen molar-refractivity contribution in [3.8, 4) is 11.5 Å². The SMILES string of the molecule is Cc1cccc(OCC(=O)Nc2ncccc2OCc2ccccc2)c1C. The Kier molecular flexibility index (Phi) is 6.05. The summed E-state index contributed by atoms with van der Waals surface area (Å²) >= 11 is 0. The number of carbonyl (C=O) groups is 1. The number of ether oxygens (including phenoxy) is 2. The molecule has 1 amide bonds. The van der Waals surface area contributed by atoms with Gasteiger partial charge in [0.2, 0.25) is 0 Å². The number of hydrogen-bond donors (Lipinski definition) is 1. The molecule has 0 saturated heterocycles. The number of benzene rings is 2. The molecule has 138 valence electrons. The van der Waals surface area contributed by atoms with Crippen LogP contribution in [0.1, 0.15) is 16.7 Å². The highest BCUT2D eigenvalue weighted by molar-refractivity contribution is 5.92. The van der Waals surface area contributed by atoms with Gasteiger partial charge in [-0.25, -0.2) is 4.98 Å². The summed E-state index contributed by atoms with van der Waals surface area (Å²) in [4.78, 5) is 16.5. The highest BCUT2D eigenvalue weighted by atomic mass is 16.5. The largest absolute Gasteiger partial charge is 0.485 e. The van der Waals surface area contributed by atoms with Crippen LogP contribution in [0.25, 0.3) is 0 Å². The molecule has 27 heavy (non-hydrogen) atoms. The minimum atomic E-state index is -0.292. The highest BCUT2D eigenvalue weighted by Crippen LogP contribution is 2.23. The molecule has 5 heteroatoms. The third-order valence-electron chi connectivity index (χ3n) is 4.18. The maximum atomic E-state index is 12.3. The van der Waals surface area contributed by atoms with Gasteiger partial charge in [0.15, 0.2) is 18.2 Å². The Morgan fingerprint density at radius 1 is 0.926 bits per heavy atom. The van der Waals surface area contributed by atoms with Gasteiger partial charge < -0.3 is 14.8 Å². The molecule has 0 radical (unpaired) electrons. The average Bonchev–Trinajstić information content (AvgIpc) is 2.69. The van der Waals surface area contributed by atoms with Crippen molar-refractivity contribution in [2.45, 2.75) is 20.5 Å². The van der Waals surface area contributed by atoms with Crippen molar-refractivity contribution in [2.24, 2.45) is 0 Å². The van der Waals surface area contributed by atoms with Crippen LogP contribution in [0.5, 0.6) is 11.5 Å². The summed E-state index contributed by atoms with van der Waals surface area (Å²) in [6.45, 7) is 4.27. The molecule has 0 bridgehead atoms. The highest BCUT2D eigenvalue weighted by Gasteiger charge is 2.11. The first kappa shape index (κ1) is 18.5. The summed E-state index contributed by atoms with van der Waals surface area (Å²) in [5.41, 5.74) is 3.18. The molecule has 0 aliphatic heterocycles. The van der Waals surface area contributed by atoms with E-state index in [1.54, 1.807) is 18.3 Å². The summed E-state index contributed by atoms with van der Waals surface area (Å²) in [6, 6.07) is 19.1. The van der Waals surface area contributed by atoms with Crippen molar-refractivity contribution >= 4 is 11.7 Å². The number of pyridine rings is 1. The van der Waals surface area contributed by atoms with Crippen LogP contribution in [-0.2, 0) is 11.4 Å². The molecule has 0 unspecified atom stereocenters. The second kappa shape index (κ2) is 8.85. The number of hydrogen-bond acceptors (Lipinski definition) is 4. The van der Waals surface area contributed by atoms with E-state index in [-0.39, 0.29) is 12.5 Å². The van der Waals surface area contributed by atoms with Crippen molar-refractivity contribution in [3.05, 3.63) is 83.6 Å². The Morgan fingerprint density at radius 3 is 2.52 bits per heavy atom. The molecule has 1 N–H and O–H groups in total. The van der Waals surface area contributed by atoms with Crippen LogP contribution in [0.3, 0.4) is 0 Å². The van der Waals surface area contributed by atoms with Crippen LogP contribution in [0.2, 0.25) is 0 Å². The first-order chi connectivity index (χ1) is 13.1. The lowest BCUT2D eigenvalue weighted by Gasteiger charge is -2.13. The first-order valence-corrected chi connectivity index (χ1v) is 8.74. The normalized spacial score (nSPS) is 10.3. The van der Waals surface area contributed by atoms with Crippen LogP contribution in [0, 0.1) is 13.8 Å². The minimum Gasteiger partial charge on any atom is -0.485 e. The monoisotopic (exact) mass is 362 g/mol. The van der Waals surface area contributed by atoms with Crippen LogP contribution in [-0.4, -0.2) is 17.5 Å². The van der Waals surface area contributed by atoms with E-state index in [9.17, 15) is 4.79 Å². The van der Waals surface area contributed by atoms with Gasteiger partial charge in [0, 0.05) is 6.20 Å². The molecule has 0 atom stereocenters. The molecule has 0 spiro atoms.